The highest BCUT2D eigenvalue weighted by molar-refractivity contribution is 5.81. The molecular weight excluding hydrogens is 724 g/mol. The smallest absolute Gasteiger partial charge is 0.475 e. The molecular formula is C27H21F10N7O7. The summed E-state index contributed by atoms with van der Waals surface area (Å²) in [5, 5.41) is 32.6. The Balaban J connectivity index is 0.000000352. The average Bonchev–Trinajstić information content (AvgIpc) is 3.76. The van der Waals surface area contributed by atoms with E-state index in [1.165, 1.54) is 6.07 Å². The summed E-state index contributed by atoms with van der Waals surface area (Å²) < 4.78 is 117. The van der Waals surface area contributed by atoms with Crippen LogP contribution in [0.1, 0.15) is 5.89 Å². The summed E-state index contributed by atoms with van der Waals surface area (Å²) in [4.78, 5) is 37.5. The minimum absolute atomic E-state index is 0.324. The van der Waals surface area contributed by atoms with E-state index < -0.39 is 36.4 Å². The van der Waals surface area contributed by atoms with Crippen molar-refractivity contribution in [2.75, 3.05) is 14.1 Å². The molecule has 0 amide bonds. The number of aromatic nitrogens is 6. The van der Waals surface area contributed by atoms with Crippen molar-refractivity contribution < 1.29 is 78.1 Å². The Bertz CT molecular complexity index is 1890. The van der Waals surface area contributed by atoms with Gasteiger partial charge < -0.3 is 24.7 Å². The number of carboxylic acids is 3. The highest BCUT2D eigenvalue weighted by atomic mass is 19.4. The van der Waals surface area contributed by atoms with Crippen molar-refractivity contribution in [3.8, 4) is 33.9 Å². The first-order chi connectivity index (χ1) is 23.4. The van der Waals surface area contributed by atoms with Gasteiger partial charge in [0.15, 0.2) is 0 Å². The second kappa shape index (κ2) is 16.6. The third-order valence-electron chi connectivity index (χ3n) is 5.46. The van der Waals surface area contributed by atoms with Crippen LogP contribution in [0.25, 0.3) is 39.5 Å². The quantitative estimate of drug-likeness (QED) is 0.164. The van der Waals surface area contributed by atoms with E-state index in [1.807, 2.05) is 41.7 Å². The Morgan fingerprint density at radius 3 is 1.86 bits per heavy atom. The van der Waals surface area contributed by atoms with E-state index in [9.17, 15) is 43.9 Å². The fraction of sp³-hybridized carbons (Fsp3) is 0.222. The molecule has 51 heavy (non-hydrogen) atoms. The molecule has 24 heteroatoms. The molecule has 0 spiro atoms. The standard InChI is InChI=1S/C21H18FN7O.3C2HF3O2/c1-28(2)12-19-25-21(27-30-19)17-10-23-18-8-7-13(11-29(17)18)15-9-24-26-20(15)14-5-3-4-6-16(14)22;3*3-2(4,5)1(6)7/h3-11H,12H2,1-2H3,(H,24,26);3*(H,6,7). The predicted octanol–water partition coefficient (Wildman–Crippen LogP) is 5.54. The molecule has 0 radical (unpaired) electrons. The molecule has 0 aliphatic carbocycles. The van der Waals surface area contributed by atoms with Gasteiger partial charge in [-0.25, -0.2) is 23.8 Å². The van der Waals surface area contributed by atoms with Crippen LogP contribution >= 0.6 is 0 Å². The lowest BCUT2D eigenvalue weighted by Crippen LogP contribution is -2.21. The molecule has 14 nitrogen and oxygen atoms in total. The number of alkyl halides is 9. The fourth-order valence-corrected chi connectivity index (χ4v) is 3.37. The number of benzene rings is 1. The van der Waals surface area contributed by atoms with Gasteiger partial charge in [-0.05, 0) is 38.4 Å². The molecule has 0 fully saturated rings. The number of aliphatic carboxylic acids is 3. The SMILES string of the molecule is CN(C)Cc1nc(-c2cnc3ccc(-c4c[nH]nc4-c4ccccc4F)cn23)no1.O=C(O)C(F)(F)F.O=C(O)C(F)(F)F.O=C(O)C(F)(F)F. The van der Waals surface area contributed by atoms with Crippen LogP contribution in [0.5, 0.6) is 0 Å². The number of hydrogen-bond acceptors (Lipinski definition) is 9. The van der Waals surface area contributed by atoms with E-state index in [4.69, 9.17) is 34.2 Å². The summed E-state index contributed by atoms with van der Waals surface area (Å²) in [5.74, 6) is -7.61. The van der Waals surface area contributed by atoms with Crippen LogP contribution in [0.2, 0.25) is 0 Å². The van der Waals surface area contributed by atoms with Crippen LogP contribution in [-0.2, 0) is 20.9 Å². The summed E-state index contributed by atoms with van der Waals surface area (Å²) in [7, 11) is 3.87. The molecule has 0 saturated heterocycles. The normalized spacial score (nSPS) is 11.5. The molecule has 0 aliphatic heterocycles. The van der Waals surface area contributed by atoms with E-state index >= 15 is 0 Å². The zero-order chi connectivity index (χ0) is 38.9. The molecule has 1 aromatic carbocycles. The minimum atomic E-state index is -5.08. The first-order valence-electron chi connectivity index (χ1n) is 13.1. The topological polar surface area (TPSA) is 200 Å². The zero-order valence-corrected chi connectivity index (χ0v) is 25.3. The molecule has 4 aromatic heterocycles. The second-order valence-corrected chi connectivity index (χ2v) is 9.58. The number of halogens is 10. The zero-order valence-electron chi connectivity index (χ0n) is 25.3. The van der Waals surface area contributed by atoms with Crippen molar-refractivity contribution >= 4 is 23.6 Å². The monoisotopic (exact) mass is 745 g/mol. The Kier molecular flexibility index (Phi) is 13.3. The third kappa shape index (κ3) is 12.1. The molecule has 0 saturated carbocycles. The van der Waals surface area contributed by atoms with Crippen LogP contribution in [0.4, 0.5) is 43.9 Å². The van der Waals surface area contributed by atoms with E-state index in [0.717, 1.165) is 16.8 Å². The van der Waals surface area contributed by atoms with Gasteiger partial charge in [-0.3, -0.25) is 9.50 Å². The maximum absolute atomic E-state index is 14.3. The summed E-state index contributed by atoms with van der Waals surface area (Å²) in [6.45, 7) is 0.552. The molecule has 4 heterocycles. The lowest BCUT2D eigenvalue weighted by Gasteiger charge is -2.06. The molecule has 0 aliphatic rings. The van der Waals surface area contributed by atoms with Crippen LogP contribution in [-0.4, -0.2) is 100 Å². The highest BCUT2D eigenvalue weighted by Gasteiger charge is 2.39. The van der Waals surface area contributed by atoms with Crippen LogP contribution < -0.4 is 0 Å². The van der Waals surface area contributed by atoms with Gasteiger partial charge >= 0.3 is 36.4 Å². The molecule has 0 unspecified atom stereocenters. The number of rotatable bonds is 5. The Morgan fingerprint density at radius 2 is 1.37 bits per heavy atom. The van der Waals surface area contributed by atoms with E-state index in [1.54, 1.807) is 30.6 Å². The summed E-state index contributed by atoms with van der Waals surface area (Å²) in [6.07, 6.45) is -9.88. The maximum Gasteiger partial charge on any atom is 0.490 e. The van der Waals surface area contributed by atoms with Crippen molar-refractivity contribution in [1.29, 1.82) is 0 Å². The molecule has 4 N–H and O–H groups in total. The minimum Gasteiger partial charge on any atom is -0.475 e. The van der Waals surface area contributed by atoms with Crippen molar-refractivity contribution in [2.24, 2.45) is 0 Å². The first kappa shape index (κ1) is 41.1. The number of nitrogens with one attached hydrogen (secondary N) is 1. The van der Waals surface area contributed by atoms with Crippen LogP contribution in [0.3, 0.4) is 0 Å². The number of hydrogen-bond donors (Lipinski definition) is 4. The molecule has 5 aromatic rings. The Labute approximate surface area is 276 Å². The van der Waals surface area contributed by atoms with Gasteiger partial charge in [-0.15, -0.1) is 0 Å². The lowest BCUT2D eigenvalue weighted by atomic mass is 10.0. The van der Waals surface area contributed by atoms with Gasteiger partial charge in [0.05, 0.1) is 12.7 Å². The van der Waals surface area contributed by atoms with Crippen molar-refractivity contribution in [3.05, 3.63) is 66.7 Å². The Morgan fingerprint density at radius 1 is 0.843 bits per heavy atom. The number of pyridine rings is 1. The molecule has 276 valence electrons. The van der Waals surface area contributed by atoms with E-state index in [0.29, 0.717) is 35.2 Å². The number of carboxylic acid groups (broad SMARTS) is 3. The van der Waals surface area contributed by atoms with Gasteiger partial charge in [-0.1, -0.05) is 17.3 Å². The number of H-pyrrole nitrogens is 1. The first-order valence-corrected chi connectivity index (χ1v) is 13.1. The third-order valence-corrected chi connectivity index (χ3v) is 5.46. The van der Waals surface area contributed by atoms with E-state index in [-0.39, 0.29) is 5.82 Å². The van der Waals surface area contributed by atoms with E-state index in [2.05, 4.69) is 25.3 Å². The van der Waals surface area contributed by atoms with Gasteiger partial charge in [0.2, 0.25) is 11.7 Å². The van der Waals surface area contributed by atoms with Gasteiger partial charge in [0.1, 0.15) is 22.9 Å². The number of nitrogens with zero attached hydrogens (tertiary/aromatic N) is 6. The van der Waals surface area contributed by atoms with Crippen molar-refractivity contribution in [2.45, 2.75) is 25.1 Å². The Hall–Kier alpha value is -6.07. The van der Waals surface area contributed by atoms with Crippen molar-refractivity contribution in [3.63, 3.8) is 0 Å². The largest absolute Gasteiger partial charge is 0.490 e. The fourth-order valence-electron chi connectivity index (χ4n) is 3.37. The molecule has 0 bridgehead atoms. The van der Waals surface area contributed by atoms with Crippen LogP contribution in [0, 0.1) is 5.82 Å². The van der Waals surface area contributed by atoms with Crippen molar-refractivity contribution in [1.82, 2.24) is 34.6 Å². The van der Waals surface area contributed by atoms with Gasteiger partial charge in [0, 0.05) is 29.1 Å². The maximum atomic E-state index is 14.3. The number of fused-ring (bicyclic) bond motifs is 1. The average molecular weight is 745 g/mol. The summed E-state index contributed by atoms with van der Waals surface area (Å²) >= 11 is 0. The lowest BCUT2D eigenvalue weighted by molar-refractivity contribution is -0.193. The molecule has 5 rings (SSSR count). The highest BCUT2D eigenvalue weighted by Crippen LogP contribution is 2.32. The van der Waals surface area contributed by atoms with Gasteiger partial charge in [-0.2, -0.15) is 49.6 Å². The van der Waals surface area contributed by atoms with Gasteiger partial charge in [0.25, 0.3) is 0 Å². The summed E-state index contributed by atoms with van der Waals surface area (Å²) in [6, 6.07) is 10.4. The molecule has 0 atom stereocenters. The number of imidazole rings is 1. The van der Waals surface area contributed by atoms with Crippen LogP contribution in [0.15, 0.2) is 59.5 Å². The second-order valence-electron chi connectivity index (χ2n) is 9.58. The predicted molar refractivity (Wildman–Crippen MR) is 150 cm³/mol. The summed E-state index contributed by atoms with van der Waals surface area (Å²) in [5.41, 5.74) is 4.06. The number of carbonyl (C=O) groups is 3. The number of aromatic amines is 1.